The van der Waals surface area contributed by atoms with Crippen molar-refractivity contribution in [2.24, 2.45) is 5.73 Å². The van der Waals surface area contributed by atoms with Crippen LogP contribution in [-0.4, -0.2) is 35.2 Å². The van der Waals surface area contributed by atoms with E-state index in [0.717, 1.165) is 25.1 Å². The zero-order valence-electron chi connectivity index (χ0n) is 12.1. The summed E-state index contributed by atoms with van der Waals surface area (Å²) in [7, 11) is 0. The number of rotatable bonds is 5. The molecule has 1 heterocycles. The molecule has 3 nitrogen and oxygen atoms in total. The van der Waals surface area contributed by atoms with Gasteiger partial charge in [-0.1, -0.05) is 30.3 Å². The number of nitrogens with two attached hydrogens (primary N) is 1. The first-order valence-corrected chi connectivity index (χ1v) is 8.43. The van der Waals surface area contributed by atoms with Crippen LogP contribution in [0.15, 0.2) is 30.3 Å². The van der Waals surface area contributed by atoms with Crippen LogP contribution in [0.1, 0.15) is 31.7 Å². The van der Waals surface area contributed by atoms with E-state index < -0.39 is 0 Å². The topological polar surface area (TPSA) is 46.3 Å². The highest BCUT2D eigenvalue weighted by molar-refractivity contribution is 7.99. The second-order valence-corrected chi connectivity index (χ2v) is 6.68. The highest BCUT2D eigenvalue weighted by atomic mass is 32.2. The zero-order valence-corrected chi connectivity index (χ0v) is 12.9. The molecule has 1 aromatic carbocycles. The van der Waals surface area contributed by atoms with E-state index in [-0.39, 0.29) is 17.2 Å². The molecule has 0 bridgehead atoms. The fourth-order valence-electron chi connectivity index (χ4n) is 2.64. The van der Waals surface area contributed by atoms with Crippen LogP contribution in [0.25, 0.3) is 0 Å². The minimum atomic E-state index is 0.00218. The van der Waals surface area contributed by atoms with E-state index in [2.05, 4.69) is 12.1 Å². The van der Waals surface area contributed by atoms with Crippen LogP contribution >= 0.6 is 11.8 Å². The molecule has 0 saturated carbocycles. The number of carbonyl (C=O) groups is 1. The van der Waals surface area contributed by atoms with Crippen molar-refractivity contribution in [2.75, 3.05) is 13.1 Å². The number of hydrogen-bond acceptors (Lipinski definition) is 3. The minimum Gasteiger partial charge on any atom is -0.337 e. The first-order chi connectivity index (χ1) is 9.72. The van der Waals surface area contributed by atoms with Crippen LogP contribution in [0, 0.1) is 0 Å². The van der Waals surface area contributed by atoms with Gasteiger partial charge in [-0.2, -0.15) is 0 Å². The van der Waals surface area contributed by atoms with Crippen molar-refractivity contribution < 1.29 is 4.79 Å². The Hall–Kier alpha value is -1.00. The van der Waals surface area contributed by atoms with Gasteiger partial charge in [-0.3, -0.25) is 4.79 Å². The summed E-state index contributed by atoms with van der Waals surface area (Å²) in [5.41, 5.74) is 7.07. The highest BCUT2D eigenvalue weighted by Gasteiger charge is 2.28. The molecule has 0 aliphatic carbocycles. The predicted octanol–water partition coefficient (Wildman–Crippen LogP) is 2.65. The number of hydrogen-bond donors (Lipinski definition) is 1. The maximum atomic E-state index is 12.5. The van der Waals surface area contributed by atoms with Crippen molar-refractivity contribution >= 4 is 17.7 Å². The Bertz CT molecular complexity index is 424. The molecule has 20 heavy (non-hydrogen) atoms. The molecule has 0 radical (unpaired) electrons. The van der Waals surface area contributed by atoms with Crippen molar-refractivity contribution in [3.8, 4) is 0 Å². The maximum Gasteiger partial charge on any atom is 0.235 e. The summed E-state index contributed by atoms with van der Waals surface area (Å²) in [6.07, 6.45) is 3.35. The smallest absolute Gasteiger partial charge is 0.235 e. The molecular formula is C16H24N2OS. The summed E-state index contributed by atoms with van der Waals surface area (Å²) in [6, 6.07) is 10.6. The van der Waals surface area contributed by atoms with Gasteiger partial charge < -0.3 is 10.6 Å². The van der Waals surface area contributed by atoms with Crippen molar-refractivity contribution in [3.63, 3.8) is 0 Å². The molecule has 1 amide bonds. The fourth-order valence-corrected chi connectivity index (χ4v) is 3.55. The number of thioether (sulfide) groups is 1. The fraction of sp³-hybridized carbons (Fsp3) is 0.562. The molecule has 110 valence electrons. The summed E-state index contributed by atoms with van der Waals surface area (Å²) in [5.74, 6) is 1.13. The SMILES string of the molecule is CC(SCc1ccccc1)C(=O)N1CCCCC1CN. The molecule has 4 heteroatoms. The summed E-state index contributed by atoms with van der Waals surface area (Å²) < 4.78 is 0. The highest BCUT2D eigenvalue weighted by Crippen LogP contribution is 2.23. The summed E-state index contributed by atoms with van der Waals surface area (Å²) in [4.78, 5) is 14.5. The Morgan fingerprint density at radius 3 is 2.85 bits per heavy atom. The van der Waals surface area contributed by atoms with Gasteiger partial charge in [-0.05, 0) is 31.7 Å². The van der Waals surface area contributed by atoms with E-state index in [0.29, 0.717) is 6.54 Å². The van der Waals surface area contributed by atoms with Gasteiger partial charge in [0.1, 0.15) is 0 Å². The van der Waals surface area contributed by atoms with Gasteiger partial charge in [-0.15, -0.1) is 11.8 Å². The molecule has 2 N–H and O–H groups in total. The Morgan fingerprint density at radius 1 is 1.40 bits per heavy atom. The quantitative estimate of drug-likeness (QED) is 0.907. The Balaban J connectivity index is 1.87. The summed E-state index contributed by atoms with van der Waals surface area (Å²) in [5, 5.41) is 0.00218. The second-order valence-electron chi connectivity index (χ2n) is 5.36. The van der Waals surface area contributed by atoms with Crippen LogP contribution in [0.5, 0.6) is 0 Å². The van der Waals surface area contributed by atoms with Crippen molar-refractivity contribution in [2.45, 2.75) is 43.2 Å². The van der Waals surface area contributed by atoms with Crippen LogP contribution in [0.3, 0.4) is 0 Å². The molecule has 0 aromatic heterocycles. The van der Waals surface area contributed by atoms with Crippen LogP contribution in [0.2, 0.25) is 0 Å². The number of amides is 1. The third-order valence-electron chi connectivity index (χ3n) is 3.87. The van der Waals surface area contributed by atoms with Crippen LogP contribution < -0.4 is 5.73 Å². The molecule has 2 rings (SSSR count). The molecule has 1 aliphatic heterocycles. The normalized spacial score (nSPS) is 20.7. The lowest BCUT2D eigenvalue weighted by Gasteiger charge is -2.36. The molecule has 2 atom stereocenters. The molecule has 1 aliphatic rings. The van der Waals surface area contributed by atoms with E-state index in [1.165, 1.54) is 12.0 Å². The lowest BCUT2D eigenvalue weighted by molar-refractivity contribution is -0.133. The van der Waals surface area contributed by atoms with Gasteiger partial charge in [0.05, 0.1) is 5.25 Å². The first kappa shape index (κ1) is 15.4. The average Bonchev–Trinajstić information content (AvgIpc) is 2.52. The van der Waals surface area contributed by atoms with Gasteiger partial charge in [-0.25, -0.2) is 0 Å². The third-order valence-corrected chi connectivity index (χ3v) is 5.07. The second kappa shape index (κ2) is 7.70. The molecule has 1 saturated heterocycles. The average molecular weight is 292 g/mol. The first-order valence-electron chi connectivity index (χ1n) is 7.38. The lowest BCUT2D eigenvalue weighted by Crippen LogP contribution is -2.49. The van der Waals surface area contributed by atoms with E-state index >= 15 is 0 Å². The molecule has 2 unspecified atom stereocenters. The largest absolute Gasteiger partial charge is 0.337 e. The number of benzene rings is 1. The van der Waals surface area contributed by atoms with Gasteiger partial charge in [0, 0.05) is 24.9 Å². The number of likely N-dealkylation sites (tertiary alicyclic amines) is 1. The van der Waals surface area contributed by atoms with Crippen molar-refractivity contribution in [1.82, 2.24) is 4.90 Å². The van der Waals surface area contributed by atoms with E-state index in [9.17, 15) is 4.79 Å². The van der Waals surface area contributed by atoms with E-state index in [1.807, 2.05) is 30.0 Å². The van der Waals surface area contributed by atoms with E-state index in [1.54, 1.807) is 11.8 Å². The Labute approximate surface area is 125 Å². The van der Waals surface area contributed by atoms with Crippen LogP contribution in [-0.2, 0) is 10.5 Å². The van der Waals surface area contributed by atoms with Gasteiger partial charge in [0.25, 0.3) is 0 Å². The Morgan fingerprint density at radius 2 is 2.15 bits per heavy atom. The third kappa shape index (κ3) is 4.00. The Kier molecular flexibility index (Phi) is 5.92. The van der Waals surface area contributed by atoms with Gasteiger partial charge in [0.2, 0.25) is 5.91 Å². The summed E-state index contributed by atoms with van der Waals surface area (Å²) in [6.45, 7) is 3.47. The number of nitrogens with zero attached hydrogens (tertiary/aromatic N) is 1. The van der Waals surface area contributed by atoms with Gasteiger partial charge >= 0.3 is 0 Å². The standard InChI is InChI=1S/C16H24N2OS/c1-13(20-12-14-7-3-2-4-8-14)16(19)18-10-6-5-9-15(18)11-17/h2-4,7-8,13,15H,5-6,9-12,17H2,1H3. The summed E-state index contributed by atoms with van der Waals surface area (Å²) >= 11 is 1.71. The monoisotopic (exact) mass is 292 g/mol. The number of piperidine rings is 1. The lowest BCUT2D eigenvalue weighted by atomic mass is 10.0. The van der Waals surface area contributed by atoms with Crippen LogP contribution in [0.4, 0.5) is 0 Å². The van der Waals surface area contributed by atoms with Crippen molar-refractivity contribution in [1.29, 1.82) is 0 Å². The molecular weight excluding hydrogens is 268 g/mol. The predicted molar refractivity (Wildman–Crippen MR) is 85.6 cm³/mol. The number of carbonyl (C=O) groups excluding carboxylic acids is 1. The van der Waals surface area contributed by atoms with Crippen molar-refractivity contribution in [3.05, 3.63) is 35.9 Å². The molecule has 1 aromatic rings. The van der Waals surface area contributed by atoms with E-state index in [4.69, 9.17) is 5.73 Å². The molecule has 0 spiro atoms. The zero-order chi connectivity index (χ0) is 14.4. The maximum absolute atomic E-state index is 12.5. The molecule has 1 fully saturated rings. The minimum absolute atomic E-state index is 0.00218. The van der Waals surface area contributed by atoms with Gasteiger partial charge in [0.15, 0.2) is 0 Å².